The predicted molar refractivity (Wildman–Crippen MR) is 95.4 cm³/mol. The van der Waals surface area contributed by atoms with Gasteiger partial charge < -0.3 is 10.6 Å². The zero-order valence-corrected chi connectivity index (χ0v) is 14.4. The lowest BCUT2D eigenvalue weighted by molar-refractivity contribution is 0.0930. The molecule has 3 rings (SSSR count). The SMILES string of the molecule is Cl.Cl.O=C(N[C@H]1CCCNC1)c1cccc(-c2cscn2)c1. The van der Waals surface area contributed by atoms with E-state index in [9.17, 15) is 4.79 Å². The maximum Gasteiger partial charge on any atom is 0.251 e. The molecule has 1 saturated heterocycles. The van der Waals surface area contributed by atoms with Crippen molar-refractivity contribution in [3.63, 3.8) is 0 Å². The van der Waals surface area contributed by atoms with Gasteiger partial charge in [0.25, 0.3) is 5.91 Å². The van der Waals surface area contributed by atoms with E-state index in [-0.39, 0.29) is 36.8 Å². The Morgan fingerprint density at radius 1 is 1.36 bits per heavy atom. The lowest BCUT2D eigenvalue weighted by atomic mass is 10.1. The number of benzene rings is 1. The smallest absolute Gasteiger partial charge is 0.251 e. The minimum atomic E-state index is -0.00391. The van der Waals surface area contributed by atoms with Gasteiger partial charge in [-0.25, -0.2) is 4.98 Å². The molecule has 0 aliphatic carbocycles. The molecule has 4 nitrogen and oxygen atoms in total. The van der Waals surface area contributed by atoms with Gasteiger partial charge in [0.2, 0.25) is 0 Å². The van der Waals surface area contributed by atoms with Crippen molar-refractivity contribution in [1.29, 1.82) is 0 Å². The van der Waals surface area contributed by atoms with E-state index in [2.05, 4.69) is 15.6 Å². The highest BCUT2D eigenvalue weighted by atomic mass is 35.5. The lowest BCUT2D eigenvalue weighted by Gasteiger charge is -2.23. The van der Waals surface area contributed by atoms with E-state index in [0.717, 1.165) is 37.2 Å². The summed E-state index contributed by atoms with van der Waals surface area (Å²) in [6, 6.07) is 7.87. The molecule has 1 aromatic carbocycles. The van der Waals surface area contributed by atoms with Gasteiger partial charge in [0, 0.05) is 29.1 Å². The van der Waals surface area contributed by atoms with Gasteiger partial charge in [-0.1, -0.05) is 12.1 Å². The Balaban J connectivity index is 0.00000121. The third-order valence-corrected chi connectivity index (χ3v) is 4.07. The maximum absolute atomic E-state index is 12.3. The Morgan fingerprint density at radius 2 is 2.23 bits per heavy atom. The number of hydrogen-bond donors (Lipinski definition) is 2. The number of halogens is 2. The largest absolute Gasteiger partial charge is 0.348 e. The van der Waals surface area contributed by atoms with Crippen LogP contribution in [0.3, 0.4) is 0 Å². The van der Waals surface area contributed by atoms with Gasteiger partial charge in [-0.2, -0.15) is 0 Å². The number of nitrogens with one attached hydrogen (secondary N) is 2. The highest BCUT2D eigenvalue weighted by Crippen LogP contribution is 2.20. The van der Waals surface area contributed by atoms with Crippen LogP contribution in [-0.2, 0) is 0 Å². The number of carbonyl (C=O) groups is 1. The van der Waals surface area contributed by atoms with Crippen LogP contribution >= 0.6 is 36.2 Å². The minimum Gasteiger partial charge on any atom is -0.348 e. The third kappa shape index (κ3) is 4.68. The van der Waals surface area contributed by atoms with E-state index < -0.39 is 0 Å². The van der Waals surface area contributed by atoms with E-state index in [1.165, 1.54) is 0 Å². The lowest BCUT2D eigenvalue weighted by Crippen LogP contribution is -2.45. The van der Waals surface area contributed by atoms with Crippen molar-refractivity contribution < 1.29 is 4.79 Å². The first-order chi connectivity index (χ1) is 9.83. The maximum atomic E-state index is 12.3. The topological polar surface area (TPSA) is 54.0 Å². The van der Waals surface area contributed by atoms with Gasteiger partial charge >= 0.3 is 0 Å². The fourth-order valence-electron chi connectivity index (χ4n) is 2.42. The number of hydrogen-bond acceptors (Lipinski definition) is 4. The van der Waals surface area contributed by atoms with Crippen LogP contribution in [0.25, 0.3) is 11.3 Å². The Hall–Kier alpha value is -1.14. The number of rotatable bonds is 3. The summed E-state index contributed by atoms with van der Waals surface area (Å²) >= 11 is 1.56. The minimum absolute atomic E-state index is 0. The second-order valence-electron chi connectivity index (χ2n) is 4.97. The number of aromatic nitrogens is 1. The Bertz CT molecular complexity index is 586. The molecule has 1 aliphatic heterocycles. The highest BCUT2D eigenvalue weighted by molar-refractivity contribution is 7.07. The molecule has 7 heteroatoms. The first-order valence-corrected chi connectivity index (χ1v) is 7.77. The second kappa shape index (κ2) is 9.10. The average molecular weight is 360 g/mol. The molecule has 22 heavy (non-hydrogen) atoms. The summed E-state index contributed by atoms with van der Waals surface area (Å²) in [6.45, 7) is 1.91. The molecule has 1 amide bonds. The van der Waals surface area contributed by atoms with Gasteiger partial charge in [-0.3, -0.25) is 4.79 Å². The van der Waals surface area contributed by atoms with Crippen LogP contribution in [0.2, 0.25) is 0 Å². The van der Waals surface area contributed by atoms with E-state index in [0.29, 0.717) is 5.56 Å². The molecule has 0 bridgehead atoms. The van der Waals surface area contributed by atoms with E-state index in [4.69, 9.17) is 0 Å². The van der Waals surface area contributed by atoms with Crippen LogP contribution in [-0.4, -0.2) is 30.0 Å². The quantitative estimate of drug-likeness (QED) is 0.884. The molecule has 1 aliphatic rings. The molecule has 0 saturated carbocycles. The average Bonchev–Trinajstić information content (AvgIpc) is 3.03. The van der Waals surface area contributed by atoms with Crippen LogP contribution in [0.15, 0.2) is 35.2 Å². The molecule has 1 fully saturated rings. The zero-order chi connectivity index (χ0) is 13.8. The molecule has 1 aromatic heterocycles. The number of carbonyl (C=O) groups excluding carboxylic acids is 1. The normalized spacial score (nSPS) is 17.0. The van der Waals surface area contributed by atoms with Crippen molar-refractivity contribution in [1.82, 2.24) is 15.6 Å². The van der Waals surface area contributed by atoms with Crippen molar-refractivity contribution in [3.8, 4) is 11.3 Å². The summed E-state index contributed by atoms with van der Waals surface area (Å²) in [5.74, 6) is -0.00391. The van der Waals surface area contributed by atoms with Gasteiger partial charge in [0.1, 0.15) is 0 Å². The van der Waals surface area contributed by atoms with Gasteiger partial charge in [0.05, 0.1) is 11.2 Å². The Labute approximate surface area is 146 Å². The molecule has 2 aromatic rings. The fourth-order valence-corrected chi connectivity index (χ4v) is 2.98. The first-order valence-electron chi connectivity index (χ1n) is 6.83. The van der Waals surface area contributed by atoms with Crippen molar-refractivity contribution in [2.45, 2.75) is 18.9 Å². The van der Waals surface area contributed by atoms with Crippen LogP contribution < -0.4 is 10.6 Å². The van der Waals surface area contributed by atoms with Gasteiger partial charge in [-0.05, 0) is 31.5 Å². The van der Waals surface area contributed by atoms with E-state index in [1.807, 2.05) is 29.6 Å². The Morgan fingerprint density at radius 3 is 2.91 bits per heavy atom. The molecule has 2 heterocycles. The van der Waals surface area contributed by atoms with Crippen molar-refractivity contribution in [3.05, 3.63) is 40.7 Å². The highest BCUT2D eigenvalue weighted by Gasteiger charge is 2.16. The summed E-state index contributed by atoms with van der Waals surface area (Å²) in [7, 11) is 0. The van der Waals surface area contributed by atoms with E-state index in [1.54, 1.807) is 16.8 Å². The zero-order valence-electron chi connectivity index (χ0n) is 12.0. The number of thiazole rings is 1. The number of amides is 1. The summed E-state index contributed by atoms with van der Waals surface area (Å²) in [6.07, 6.45) is 2.16. The van der Waals surface area contributed by atoms with Gasteiger partial charge in [-0.15, -0.1) is 36.2 Å². The summed E-state index contributed by atoms with van der Waals surface area (Å²) in [4.78, 5) is 16.6. The van der Waals surface area contributed by atoms with Crippen molar-refractivity contribution in [2.75, 3.05) is 13.1 Å². The monoisotopic (exact) mass is 359 g/mol. The summed E-state index contributed by atoms with van der Waals surface area (Å²) in [5, 5.41) is 8.38. The van der Waals surface area contributed by atoms with E-state index >= 15 is 0 Å². The molecule has 2 N–H and O–H groups in total. The molecular formula is C15H19Cl2N3OS. The van der Waals surface area contributed by atoms with Crippen LogP contribution in [0.5, 0.6) is 0 Å². The van der Waals surface area contributed by atoms with Crippen LogP contribution in [0.1, 0.15) is 23.2 Å². The third-order valence-electron chi connectivity index (χ3n) is 3.48. The summed E-state index contributed by atoms with van der Waals surface area (Å²) < 4.78 is 0. The molecule has 0 unspecified atom stereocenters. The van der Waals surface area contributed by atoms with Crippen molar-refractivity contribution in [2.24, 2.45) is 0 Å². The molecule has 0 radical (unpaired) electrons. The second-order valence-corrected chi connectivity index (χ2v) is 5.69. The Kier molecular flexibility index (Phi) is 7.82. The van der Waals surface area contributed by atoms with Crippen LogP contribution in [0.4, 0.5) is 0 Å². The molecular weight excluding hydrogens is 341 g/mol. The van der Waals surface area contributed by atoms with Crippen LogP contribution in [0, 0.1) is 0 Å². The fraction of sp³-hybridized carbons (Fsp3) is 0.333. The number of nitrogens with zero attached hydrogens (tertiary/aromatic N) is 1. The predicted octanol–water partition coefficient (Wildman–Crippen LogP) is 3.14. The molecule has 120 valence electrons. The summed E-state index contributed by atoms with van der Waals surface area (Å²) in [5.41, 5.74) is 4.40. The van der Waals surface area contributed by atoms with Gasteiger partial charge in [0.15, 0.2) is 0 Å². The molecule has 1 atom stereocenters. The van der Waals surface area contributed by atoms with Crippen molar-refractivity contribution >= 4 is 42.1 Å². The standard InChI is InChI=1S/C15H17N3OS.2ClH/c19-15(18-13-5-2-6-16-8-13)12-4-1-3-11(7-12)14-9-20-10-17-14;;/h1,3-4,7,9-10,13,16H,2,5-6,8H2,(H,18,19);2*1H/t13-;;/m0../s1. The molecule has 0 spiro atoms. The number of piperidine rings is 1. The first kappa shape index (κ1) is 18.9.